The molecule has 26 heavy (non-hydrogen) atoms. The minimum absolute atomic E-state index is 0.327. The third-order valence-corrected chi connectivity index (χ3v) is 5.15. The molecule has 2 aromatic carbocycles. The fourth-order valence-electron chi connectivity index (χ4n) is 3.13. The van der Waals surface area contributed by atoms with Crippen molar-refractivity contribution in [1.29, 1.82) is 0 Å². The van der Waals surface area contributed by atoms with Crippen molar-refractivity contribution in [3.8, 4) is 0 Å². The maximum absolute atomic E-state index is 13.8. The van der Waals surface area contributed by atoms with Gasteiger partial charge < -0.3 is 10.1 Å². The Hall–Kier alpha value is -2.54. The van der Waals surface area contributed by atoms with Crippen LogP contribution >= 0.6 is 11.8 Å². The zero-order chi connectivity index (χ0) is 18.7. The number of carbonyl (C=O) groups is 2. The largest absolute Gasteiger partial charge is 0.453 e. The molecule has 0 fully saturated rings. The molecule has 0 aromatic heterocycles. The molecule has 0 saturated heterocycles. The highest BCUT2D eigenvalue weighted by Gasteiger charge is 2.37. The number of hydrogen-bond donors (Lipinski definition) is 1. The molecular weight excluding hydrogens is 355 g/mol. The van der Waals surface area contributed by atoms with Crippen molar-refractivity contribution in [2.45, 2.75) is 17.4 Å². The molecule has 1 N–H and O–H groups in total. The molecule has 1 aliphatic heterocycles. The van der Waals surface area contributed by atoms with E-state index in [2.05, 4.69) is 5.32 Å². The third-order valence-electron chi connectivity index (χ3n) is 4.36. The van der Waals surface area contributed by atoms with E-state index in [0.29, 0.717) is 24.2 Å². The molecule has 7 heteroatoms. The van der Waals surface area contributed by atoms with Gasteiger partial charge in [0.15, 0.2) is 0 Å². The number of para-hydroxylation sites is 1. The second-order valence-electron chi connectivity index (χ2n) is 5.85. The van der Waals surface area contributed by atoms with Crippen LogP contribution in [-0.2, 0) is 16.0 Å². The predicted molar refractivity (Wildman–Crippen MR) is 98.8 cm³/mol. The summed E-state index contributed by atoms with van der Waals surface area (Å²) in [6, 6.07) is 10.8. The van der Waals surface area contributed by atoms with Crippen LogP contribution in [0.4, 0.5) is 14.9 Å². The summed E-state index contributed by atoms with van der Waals surface area (Å²) >= 11 is 1.50. The highest BCUT2D eigenvalue weighted by Crippen LogP contribution is 2.33. The summed E-state index contributed by atoms with van der Waals surface area (Å²) in [7, 11) is 1.27. The smallest absolute Gasteiger partial charge is 0.410 e. The first-order valence-corrected chi connectivity index (χ1v) is 9.34. The summed E-state index contributed by atoms with van der Waals surface area (Å²) in [5.74, 6) is -0.846. The van der Waals surface area contributed by atoms with Crippen molar-refractivity contribution < 1.29 is 18.7 Å². The van der Waals surface area contributed by atoms with Crippen molar-refractivity contribution in [3.05, 3.63) is 59.4 Å². The van der Waals surface area contributed by atoms with Gasteiger partial charge in [-0.05, 0) is 48.1 Å². The molecule has 2 amide bonds. The topological polar surface area (TPSA) is 58.6 Å². The molecule has 0 saturated carbocycles. The van der Waals surface area contributed by atoms with E-state index in [-0.39, 0.29) is 0 Å². The maximum atomic E-state index is 13.8. The van der Waals surface area contributed by atoms with Crippen LogP contribution in [0, 0.1) is 5.82 Å². The molecule has 1 atom stereocenters. The number of hydrogen-bond acceptors (Lipinski definition) is 4. The summed E-state index contributed by atoms with van der Waals surface area (Å²) in [6.45, 7) is 0.327. The minimum Gasteiger partial charge on any atom is -0.453 e. The lowest BCUT2D eigenvalue weighted by Gasteiger charge is -2.35. The number of halogens is 1. The highest BCUT2D eigenvalue weighted by atomic mass is 32.2. The summed E-state index contributed by atoms with van der Waals surface area (Å²) in [5.41, 5.74) is 1.99. The molecule has 1 heterocycles. The average Bonchev–Trinajstić information content (AvgIpc) is 2.66. The van der Waals surface area contributed by atoms with E-state index in [1.807, 2.05) is 24.5 Å². The maximum Gasteiger partial charge on any atom is 0.410 e. The third kappa shape index (κ3) is 3.53. The van der Waals surface area contributed by atoms with Crippen molar-refractivity contribution in [1.82, 2.24) is 4.90 Å². The van der Waals surface area contributed by atoms with E-state index in [9.17, 15) is 14.0 Å². The van der Waals surface area contributed by atoms with Crippen LogP contribution in [-0.4, -0.2) is 36.8 Å². The standard InChI is InChI=1S/C19H19FN2O3S/c1-25-19(24)22-10-9-12-7-8-13(20)11-14(12)17(22)18(23)21-15-5-3-4-6-16(15)26-2/h3-8,11,17H,9-10H2,1-2H3,(H,21,23). The number of benzene rings is 2. The molecule has 0 bridgehead atoms. The Morgan fingerprint density at radius 3 is 2.77 bits per heavy atom. The Morgan fingerprint density at radius 2 is 2.04 bits per heavy atom. The number of nitrogens with zero attached hydrogens (tertiary/aromatic N) is 1. The van der Waals surface area contributed by atoms with Gasteiger partial charge in [-0.25, -0.2) is 9.18 Å². The van der Waals surface area contributed by atoms with Gasteiger partial charge in [-0.15, -0.1) is 11.8 Å². The summed E-state index contributed by atoms with van der Waals surface area (Å²) in [4.78, 5) is 27.5. The van der Waals surface area contributed by atoms with Crippen LogP contribution in [0.5, 0.6) is 0 Å². The lowest BCUT2D eigenvalue weighted by molar-refractivity contribution is -0.121. The van der Waals surface area contributed by atoms with Crippen molar-refractivity contribution in [3.63, 3.8) is 0 Å². The summed E-state index contributed by atoms with van der Waals surface area (Å²) in [5, 5.41) is 2.87. The van der Waals surface area contributed by atoms with Crippen molar-refractivity contribution in [2.75, 3.05) is 25.2 Å². The number of rotatable bonds is 3. The van der Waals surface area contributed by atoms with Crippen LogP contribution in [0.25, 0.3) is 0 Å². The van der Waals surface area contributed by atoms with E-state index >= 15 is 0 Å². The van der Waals surface area contributed by atoms with E-state index in [4.69, 9.17) is 4.74 Å². The van der Waals surface area contributed by atoms with Crippen LogP contribution in [0.1, 0.15) is 17.2 Å². The number of fused-ring (bicyclic) bond motifs is 1. The van der Waals surface area contributed by atoms with E-state index < -0.39 is 23.9 Å². The molecular formula is C19H19FN2O3S. The summed E-state index contributed by atoms with van der Waals surface area (Å²) < 4.78 is 18.6. The Kier molecular flexibility index (Phi) is 5.46. The normalized spacial score (nSPS) is 16.0. The van der Waals surface area contributed by atoms with E-state index in [1.165, 1.54) is 35.9 Å². The second kappa shape index (κ2) is 7.78. The second-order valence-corrected chi connectivity index (χ2v) is 6.70. The number of carbonyl (C=O) groups excluding carboxylic acids is 2. The molecule has 3 rings (SSSR count). The number of thioether (sulfide) groups is 1. The van der Waals surface area contributed by atoms with Gasteiger partial charge in [-0.1, -0.05) is 18.2 Å². The number of methoxy groups -OCH3 is 1. The quantitative estimate of drug-likeness (QED) is 0.829. The summed E-state index contributed by atoms with van der Waals surface area (Å²) in [6.07, 6.45) is 1.84. The molecule has 136 valence electrons. The highest BCUT2D eigenvalue weighted by molar-refractivity contribution is 7.98. The molecule has 5 nitrogen and oxygen atoms in total. The number of anilines is 1. The predicted octanol–water partition coefficient (Wildman–Crippen LogP) is 3.85. The number of nitrogens with one attached hydrogen (secondary N) is 1. The lowest BCUT2D eigenvalue weighted by atomic mass is 9.92. The van der Waals surface area contributed by atoms with Gasteiger partial charge in [-0.2, -0.15) is 0 Å². The van der Waals surface area contributed by atoms with Gasteiger partial charge >= 0.3 is 6.09 Å². The van der Waals surface area contributed by atoms with E-state index in [1.54, 1.807) is 12.1 Å². The first-order chi connectivity index (χ1) is 12.5. The Bertz CT molecular complexity index is 843. The molecule has 0 aliphatic carbocycles. The van der Waals surface area contributed by atoms with E-state index in [0.717, 1.165) is 10.5 Å². The first-order valence-electron chi connectivity index (χ1n) is 8.12. The monoisotopic (exact) mass is 374 g/mol. The van der Waals surface area contributed by atoms with Crippen LogP contribution in [0.2, 0.25) is 0 Å². The number of amides is 2. The van der Waals surface area contributed by atoms with Gasteiger partial charge in [0.25, 0.3) is 5.91 Å². The van der Waals surface area contributed by atoms with Crippen LogP contribution in [0.3, 0.4) is 0 Å². The first kappa shape index (κ1) is 18.3. The Labute approximate surface area is 155 Å². The molecule has 0 radical (unpaired) electrons. The SMILES string of the molecule is COC(=O)N1CCc2ccc(F)cc2C1C(=O)Nc1ccccc1SC. The van der Waals surface area contributed by atoms with Gasteiger partial charge in [0.2, 0.25) is 0 Å². The average molecular weight is 374 g/mol. The van der Waals surface area contributed by atoms with Gasteiger partial charge in [0.05, 0.1) is 12.8 Å². The van der Waals surface area contributed by atoms with Gasteiger partial charge in [0.1, 0.15) is 11.9 Å². The fourth-order valence-corrected chi connectivity index (χ4v) is 3.69. The zero-order valence-corrected chi connectivity index (χ0v) is 15.3. The van der Waals surface area contributed by atoms with Gasteiger partial charge in [0, 0.05) is 11.4 Å². The number of ether oxygens (including phenoxy) is 1. The molecule has 1 unspecified atom stereocenters. The zero-order valence-electron chi connectivity index (χ0n) is 14.5. The van der Waals surface area contributed by atoms with Crippen molar-refractivity contribution in [2.24, 2.45) is 0 Å². The Balaban J connectivity index is 1.99. The molecule has 0 spiro atoms. The van der Waals surface area contributed by atoms with Crippen molar-refractivity contribution >= 4 is 29.4 Å². The van der Waals surface area contributed by atoms with Crippen LogP contribution < -0.4 is 5.32 Å². The fraction of sp³-hybridized carbons (Fsp3) is 0.263. The molecule has 2 aromatic rings. The van der Waals surface area contributed by atoms with Crippen LogP contribution in [0.15, 0.2) is 47.4 Å². The minimum atomic E-state index is -0.947. The Morgan fingerprint density at radius 1 is 1.27 bits per heavy atom. The molecule has 1 aliphatic rings. The van der Waals surface area contributed by atoms with Gasteiger partial charge in [-0.3, -0.25) is 9.69 Å². The lowest BCUT2D eigenvalue weighted by Crippen LogP contribution is -2.45.